The van der Waals surface area contributed by atoms with Gasteiger partial charge in [-0.1, -0.05) is 6.07 Å². The van der Waals surface area contributed by atoms with E-state index in [4.69, 9.17) is 0 Å². The normalized spacial score (nSPS) is 15.0. The van der Waals surface area contributed by atoms with Gasteiger partial charge in [-0.3, -0.25) is 4.79 Å². The van der Waals surface area contributed by atoms with Gasteiger partial charge in [0.15, 0.2) is 0 Å². The number of anilines is 1. The summed E-state index contributed by atoms with van der Waals surface area (Å²) < 4.78 is 0. The topological polar surface area (TPSA) is 45.2 Å². The number of amides is 1. The molecular formula is C10H11N3OS. The molecule has 0 saturated heterocycles. The zero-order valence-electron chi connectivity index (χ0n) is 8.30. The molecule has 2 rings (SSSR count). The summed E-state index contributed by atoms with van der Waals surface area (Å²) in [7, 11) is 1.89. The fourth-order valence-electron chi connectivity index (χ4n) is 1.23. The average molecular weight is 221 g/mol. The van der Waals surface area contributed by atoms with E-state index in [1.807, 2.05) is 29.5 Å². The second kappa shape index (κ2) is 4.35. The monoisotopic (exact) mass is 221 g/mol. The molecule has 0 aromatic carbocycles. The lowest BCUT2D eigenvalue weighted by atomic mass is 10.4. The van der Waals surface area contributed by atoms with Crippen molar-refractivity contribution in [3.05, 3.63) is 35.5 Å². The van der Waals surface area contributed by atoms with E-state index in [0.29, 0.717) is 11.5 Å². The minimum Gasteiger partial charge on any atom is -0.360 e. The molecule has 78 valence electrons. The first-order valence-corrected chi connectivity index (χ1v) is 5.57. The highest BCUT2D eigenvalue weighted by molar-refractivity contribution is 8.02. The Labute approximate surface area is 92.4 Å². The van der Waals surface area contributed by atoms with Crippen LogP contribution in [0.15, 0.2) is 35.5 Å². The average Bonchev–Trinajstić information content (AvgIpc) is 2.66. The SMILES string of the molecule is CN1CSC=C1C(=O)Nc1ccccn1. The summed E-state index contributed by atoms with van der Waals surface area (Å²) in [5.41, 5.74) is 0.686. The number of hydrogen-bond acceptors (Lipinski definition) is 4. The molecule has 0 fully saturated rings. The summed E-state index contributed by atoms with van der Waals surface area (Å²) in [5.74, 6) is 1.29. The van der Waals surface area contributed by atoms with Crippen molar-refractivity contribution in [2.75, 3.05) is 18.2 Å². The molecule has 1 aromatic heterocycles. The van der Waals surface area contributed by atoms with Crippen LogP contribution in [0.4, 0.5) is 5.82 Å². The van der Waals surface area contributed by atoms with Crippen LogP contribution in [0.5, 0.6) is 0 Å². The first kappa shape index (κ1) is 10.0. The number of pyridine rings is 1. The fourth-order valence-corrected chi connectivity index (χ4v) is 2.11. The number of nitrogens with one attached hydrogen (secondary N) is 1. The molecule has 1 N–H and O–H groups in total. The van der Waals surface area contributed by atoms with Crippen LogP contribution in [0.25, 0.3) is 0 Å². The lowest BCUT2D eigenvalue weighted by Gasteiger charge is -2.14. The van der Waals surface area contributed by atoms with E-state index in [0.717, 1.165) is 5.88 Å². The Balaban J connectivity index is 2.04. The van der Waals surface area contributed by atoms with Gasteiger partial charge in [0.05, 0.1) is 5.88 Å². The van der Waals surface area contributed by atoms with E-state index >= 15 is 0 Å². The maximum absolute atomic E-state index is 11.8. The summed E-state index contributed by atoms with van der Waals surface area (Å²) in [6.07, 6.45) is 1.65. The summed E-state index contributed by atoms with van der Waals surface area (Å²) in [6, 6.07) is 5.41. The molecule has 0 aliphatic carbocycles. The zero-order chi connectivity index (χ0) is 10.7. The van der Waals surface area contributed by atoms with Crippen molar-refractivity contribution in [2.24, 2.45) is 0 Å². The maximum atomic E-state index is 11.8. The zero-order valence-corrected chi connectivity index (χ0v) is 9.12. The Bertz CT molecular complexity index is 391. The summed E-state index contributed by atoms with van der Waals surface area (Å²) in [5, 5.41) is 4.60. The number of aromatic nitrogens is 1. The molecule has 5 heteroatoms. The molecule has 15 heavy (non-hydrogen) atoms. The summed E-state index contributed by atoms with van der Waals surface area (Å²) in [4.78, 5) is 17.7. The van der Waals surface area contributed by atoms with Crippen molar-refractivity contribution >= 4 is 23.5 Å². The molecule has 0 unspecified atom stereocenters. The van der Waals surface area contributed by atoms with Crippen LogP contribution in [0.2, 0.25) is 0 Å². The van der Waals surface area contributed by atoms with Gasteiger partial charge in [0.25, 0.3) is 5.91 Å². The Morgan fingerprint density at radius 3 is 3.07 bits per heavy atom. The number of likely N-dealkylation sites (N-methyl/N-ethyl adjacent to an activating group) is 1. The second-order valence-electron chi connectivity index (χ2n) is 3.17. The van der Waals surface area contributed by atoms with Gasteiger partial charge in [0.2, 0.25) is 0 Å². The molecule has 0 saturated carbocycles. The van der Waals surface area contributed by atoms with Crippen LogP contribution < -0.4 is 5.32 Å². The van der Waals surface area contributed by atoms with E-state index in [1.165, 1.54) is 0 Å². The Kier molecular flexibility index (Phi) is 2.91. The summed E-state index contributed by atoms with van der Waals surface area (Å²) in [6.45, 7) is 0. The van der Waals surface area contributed by atoms with E-state index in [1.54, 1.807) is 24.0 Å². The van der Waals surface area contributed by atoms with Gasteiger partial charge < -0.3 is 10.2 Å². The largest absolute Gasteiger partial charge is 0.360 e. The number of rotatable bonds is 2. The van der Waals surface area contributed by atoms with Crippen molar-refractivity contribution in [2.45, 2.75) is 0 Å². The molecule has 4 nitrogen and oxygen atoms in total. The third-order valence-corrected chi connectivity index (χ3v) is 2.94. The fraction of sp³-hybridized carbons (Fsp3) is 0.200. The number of nitrogens with zero attached hydrogens (tertiary/aromatic N) is 2. The van der Waals surface area contributed by atoms with Crippen molar-refractivity contribution in [3.63, 3.8) is 0 Å². The molecule has 0 atom stereocenters. The molecular weight excluding hydrogens is 210 g/mol. The second-order valence-corrected chi connectivity index (χ2v) is 3.99. The van der Waals surface area contributed by atoms with Crippen LogP contribution in [-0.2, 0) is 4.79 Å². The van der Waals surface area contributed by atoms with Gasteiger partial charge >= 0.3 is 0 Å². The smallest absolute Gasteiger partial charge is 0.273 e. The van der Waals surface area contributed by atoms with Crippen molar-refractivity contribution < 1.29 is 4.79 Å². The van der Waals surface area contributed by atoms with E-state index < -0.39 is 0 Å². The van der Waals surface area contributed by atoms with Gasteiger partial charge in [0.1, 0.15) is 11.5 Å². The molecule has 1 aromatic rings. The molecule has 0 radical (unpaired) electrons. The Morgan fingerprint density at radius 1 is 1.60 bits per heavy atom. The Hall–Kier alpha value is -1.49. The van der Waals surface area contributed by atoms with Gasteiger partial charge in [-0.25, -0.2) is 4.98 Å². The van der Waals surface area contributed by atoms with E-state index in [2.05, 4.69) is 10.3 Å². The molecule has 1 aliphatic rings. The van der Waals surface area contributed by atoms with Crippen molar-refractivity contribution in [1.29, 1.82) is 0 Å². The first-order valence-electron chi connectivity index (χ1n) is 4.52. The number of carbonyl (C=O) groups excluding carboxylic acids is 1. The first-order chi connectivity index (χ1) is 7.27. The number of hydrogen-bond donors (Lipinski definition) is 1. The minimum atomic E-state index is -0.110. The number of carbonyl (C=O) groups is 1. The van der Waals surface area contributed by atoms with Gasteiger partial charge in [-0.15, -0.1) is 11.8 Å². The van der Waals surface area contributed by atoms with Crippen LogP contribution in [-0.4, -0.2) is 28.7 Å². The third-order valence-electron chi connectivity index (χ3n) is 2.01. The quantitative estimate of drug-likeness (QED) is 0.822. The lowest BCUT2D eigenvalue weighted by molar-refractivity contribution is -0.114. The highest BCUT2D eigenvalue weighted by Gasteiger charge is 2.18. The molecule has 2 heterocycles. The van der Waals surface area contributed by atoms with Crippen LogP contribution >= 0.6 is 11.8 Å². The van der Waals surface area contributed by atoms with Crippen LogP contribution in [0.1, 0.15) is 0 Å². The van der Waals surface area contributed by atoms with Crippen LogP contribution in [0, 0.1) is 0 Å². The third kappa shape index (κ3) is 2.30. The van der Waals surface area contributed by atoms with Gasteiger partial charge in [0, 0.05) is 18.7 Å². The summed E-state index contributed by atoms with van der Waals surface area (Å²) >= 11 is 1.61. The highest BCUT2D eigenvalue weighted by atomic mass is 32.2. The highest BCUT2D eigenvalue weighted by Crippen LogP contribution is 2.21. The predicted molar refractivity (Wildman–Crippen MR) is 61.2 cm³/mol. The standard InChI is InChI=1S/C10H11N3OS/c1-13-7-15-6-8(13)10(14)12-9-4-2-3-5-11-9/h2-6H,7H2,1H3,(H,11,12,14). The predicted octanol–water partition coefficient (Wildman–Crippen LogP) is 1.50. The minimum absolute atomic E-state index is 0.110. The van der Waals surface area contributed by atoms with Gasteiger partial charge in [-0.2, -0.15) is 0 Å². The van der Waals surface area contributed by atoms with Gasteiger partial charge in [-0.05, 0) is 12.1 Å². The molecule has 1 aliphatic heterocycles. The van der Waals surface area contributed by atoms with E-state index in [-0.39, 0.29) is 5.91 Å². The number of thioether (sulfide) groups is 1. The van der Waals surface area contributed by atoms with Crippen molar-refractivity contribution in [1.82, 2.24) is 9.88 Å². The van der Waals surface area contributed by atoms with E-state index in [9.17, 15) is 4.79 Å². The van der Waals surface area contributed by atoms with Crippen molar-refractivity contribution in [3.8, 4) is 0 Å². The molecule has 1 amide bonds. The molecule has 0 spiro atoms. The van der Waals surface area contributed by atoms with Crippen LogP contribution in [0.3, 0.4) is 0 Å². The maximum Gasteiger partial charge on any atom is 0.273 e. The molecule has 0 bridgehead atoms. The lowest BCUT2D eigenvalue weighted by Crippen LogP contribution is -2.24. The Morgan fingerprint density at radius 2 is 2.47 bits per heavy atom.